The Morgan fingerprint density at radius 3 is 2.45 bits per heavy atom. The van der Waals surface area contributed by atoms with Crippen LogP contribution in [0.15, 0.2) is 76.8 Å². The Bertz CT molecular complexity index is 1070. The molecule has 1 aliphatic rings. The molecular weight excluding hydrogens is 384 g/mol. The van der Waals surface area contributed by atoms with Gasteiger partial charge in [-0.1, -0.05) is 32.0 Å². The lowest BCUT2D eigenvalue weighted by atomic mass is 9.93. The summed E-state index contributed by atoms with van der Waals surface area (Å²) in [6.45, 7) is 3.50. The predicted octanol–water partition coefficient (Wildman–Crippen LogP) is 4.94. The molecule has 2 aromatic heterocycles. The SMILES string of the molecule is CC(C)C(=O)C1=C(O)C(=O)N(c2ccc(-c3ccsc3)cc2)C1c1ccccn1. The van der Waals surface area contributed by atoms with Crippen LogP contribution in [0.2, 0.25) is 0 Å². The number of rotatable bonds is 5. The number of hydrogen-bond donors (Lipinski definition) is 1. The van der Waals surface area contributed by atoms with Gasteiger partial charge in [0.25, 0.3) is 5.91 Å². The van der Waals surface area contributed by atoms with Gasteiger partial charge < -0.3 is 5.11 Å². The van der Waals surface area contributed by atoms with Gasteiger partial charge in [-0.3, -0.25) is 19.5 Å². The summed E-state index contributed by atoms with van der Waals surface area (Å²) in [6, 6.07) is 14.1. The third-order valence-electron chi connectivity index (χ3n) is 4.97. The first-order valence-corrected chi connectivity index (χ1v) is 10.3. The Labute approximate surface area is 173 Å². The fourth-order valence-corrected chi connectivity index (χ4v) is 4.16. The summed E-state index contributed by atoms with van der Waals surface area (Å²) < 4.78 is 0. The molecule has 4 rings (SSSR count). The number of thiophene rings is 1. The van der Waals surface area contributed by atoms with E-state index in [0.717, 1.165) is 11.1 Å². The fourth-order valence-electron chi connectivity index (χ4n) is 3.50. The fraction of sp³-hybridized carbons (Fsp3) is 0.174. The van der Waals surface area contributed by atoms with Crippen molar-refractivity contribution in [2.75, 3.05) is 4.90 Å². The second-order valence-corrected chi connectivity index (χ2v) is 7.95. The number of amides is 1. The maximum Gasteiger partial charge on any atom is 0.294 e. The van der Waals surface area contributed by atoms with Crippen molar-refractivity contribution in [3.63, 3.8) is 0 Å². The molecular formula is C23H20N2O3S. The molecule has 5 nitrogen and oxygen atoms in total. The van der Waals surface area contributed by atoms with Gasteiger partial charge >= 0.3 is 0 Å². The van der Waals surface area contributed by atoms with Crippen LogP contribution in [0.5, 0.6) is 0 Å². The number of hydrogen-bond acceptors (Lipinski definition) is 5. The molecule has 1 amide bonds. The van der Waals surface area contributed by atoms with Crippen LogP contribution >= 0.6 is 11.3 Å². The minimum atomic E-state index is -0.759. The van der Waals surface area contributed by atoms with Crippen LogP contribution in [0.25, 0.3) is 11.1 Å². The summed E-state index contributed by atoms with van der Waals surface area (Å²) in [5.41, 5.74) is 3.38. The van der Waals surface area contributed by atoms with E-state index >= 15 is 0 Å². The van der Waals surface area contributed by atoms with Crippen LogP contribution in [-0.2, 0) is 9.59 Å². The second-order valence-electron chi connectivity index (χ2n) is 7.17. The third kappa shape index (κ3) is 3.36. The zero-order valence-corrected chi connectivity index (χ0v) is 16.9. The van der Waals surface area contributed by atoms with Gasteiger partial charge in [-0.2, -0.15) is 11.3 Å². The molecule has 3 aromatic rings. The van der Waals surface area contributed by atoms with Crippen molar-refractivity contribution < 1.29 is 14.7 Å². The van der Waals surface area contributed by atoms with Crippen LogP contribution in [0.1, 0.15) is 25.6 Å². The quantitative estimate of drug-likeness (QED) is 0.654. The van der Waals surface area contributed by atoms with E-state index in [1.165, 1.54) is 4.90 Å². The number of aromatic nitrogens is 1. The number of ketones is 1. The average molecular weight is 404 g/mol. The van der Waals surface area contributed by atoms with Crippen molar-refractivity contribution in [3.05, 3.63) is 82.5 Å². The number of nitrogens with zero attached hydrogens (tertiary/aromatic N) is 2. The zero-order chi connectivity index (χ0) is 20.5. The van der Waals surface area contributed by atoms with Crippen molar-refractivity contribution in [1.29, 1.82) is 0 Å². The predicted molar refractivity (Wildman–Crippen MR) is 114 cm³/mol. The average Bonchev–Trinajstić information content (AvgIpc) is 3.36. The molecule has 3 heterocycles. The highest BCUT2D eigenvalue weighted by atomic mass is 32.1. The maximum atomic E-state index is 13.0. The summed E-state index contributed by atoms with van der Waals surface area (Å²) in [5, 5.41) is 14.7. The standard InChI is InChI=1S/C23H20N2O3S/c1-14(2)21(26)19-20(18-5-3-4-11-24-18)25(23(28)22(19)27)17-8-6-15(7-9-17)16-10-12-29-13-16/h3-14,20,27H,1-2H3. The number of carbonyl (C=O) groups excluding carboxylic acids is 2. The Balaban J connectivity index is 1.79. The summed E-state index contributed by atoms with van der Waals surface area (Å²) in [7, 11) is 0. The van der Waals surface area contributed by atoms with E-state index in [-0.39, 0.29) is 17.3 Å². The van der Waals surface area contributed by atoms with Crippen molar-refractivity contribution in [2.45, 2.75) is 19.9 Å². The van der Waals surface area contributed by atoms with E-state index in [9.17, 15) is 14.7 Å². The first kappa shape index (κ1) is 19.1. The Kier molecular flexibility index (Phi) is 5.03. The molecule has 0 aliphatic carbocycles. The summed E-state index contributed by atoms with van der Waals surface area (Å²) >= 11 is 1.62. The largest absolute Gasteiger partial charge is 0.503 e. The Morgan fingerprint density at radius 1 is 1.10 bits per heavy atom. The molecule has 0 fully saturated rings. The van der Waals surface area contributed by atoms with Crippen molar-refractivity contribution in [1.82, 2.24) is 4.98 Å². The third-order valence-corrected chi connectivity index (χ3v) is 5.65. The highest BCUT2D eigenvalue weighted by molar-refractivity contribution is 7.08. The molecule has 0 spiro atoms. The van der Waals surface area contributed by atoms with E-state index in [4.69, 9.17) is 0 Å². The summed E-state index contributed by atoms with van der Waals surface area (Å²) in [6.07, 6.45) is 1.62. The Morgan fingerprint density at radius 2 is 1.86 bits per heavy atom. The normalized spacial score (nSPS) is 16.7. The Hall–Kier alpha value is -3.25. The molecule has 6 heteroatoms. The molecule has 1 N–H and O–H groups in total. The van der Waals surface area contributed by atoms with E-state index in [0.29, 0.717) is 11.4 Å². The van der Waals surface area contributed by atoms with Crippen molar-refractivity contribution in [2.24, 2.45) is 5.92 Å². The second kappa shape index (κ2) is 7.64. The lowest BCUT2D eigenvalue weighted by Gasteiger charge is -2.26. The lowest BCUT2D eigenvalue weighted by molar-refractivity contribution is -0.119. The molecule has 0 bridgehead atoms. The highest BCUT2D eigenvalue weighted by Gasteiger charge is 2.45. The molecule has 1 aromatic carbocycles. The van der Waals surface area contributed by atoms with E-state index < -0.39 is 17.7 Å². The van der Waals surface area contributed by atoms with Crippen LogP contribution in [0.4, 0.5) is 5.69 Å². The number of anilines is 1. The number of aliphatic hydroxyl groups excluding tert-OH is 1. The molecule has 146 valence electrons. The minimum Gasteiger partial charge on any atom is -0.503 e. The number of Topliss-reactive ketones (excluding diaryl/α,β-unsaturated/α-hetero) is 1. The minimum absolute atomic E-state index is 0.102. The van der Waals surface area contributed by atoms with Gasteiger partial charge in [0.2, 0.25) is 0 Å². The maximum absolute atomic E-state index is 13.0. The van der Waals surface area contributed by atoms with Gasteiger partial charge in [-0.05, 0) is 52.2 Å². The number of carbonyl (C=O) groups is 2. The number of pyridine rings is 1. The number of aliphatic hydroxyl groups is 1. The van der Waals surface area contributed by atoms with E-state index in [2.05, 4.69) is 10.4 Å². The first-order valence-electron chi connectivity index (χ1n) is 9.33. The van der Waals surface area contributed by atoms with Gasteiger partial charge in [-0.15, -0.1) is 0 Å². The van der Waals surface area contributed by atoms with Gasteiger partial charge in [0, 0.05) is 17.8 Å². The molecule has 0 saturated carbocycles. The zero-order valence-electron chi connectivity index (χ0n) is 16.1. The van der Waals surface area contributed by atoms with Crippen LogP contribution in [0, 0.1) is 5.92 Å². The monoisotopic (exact) mass is 404 g/mol. The highest BCUT2D eigenvalue weighted by Crippen LogP contribution is 2.41. The molecule has 0 radical (unpaired) electrons. The van der Waals surface area contributed by atoms with E-state index in [1.54, 1.807) is 49.6 Å². The van der Waals surface area contributed by atoms with Gasteiger partial charge in [0.05, 0.1) is 11.3 Å². The van der Waals surface area contributed by atoms with Gasteiger partial charge in [0.1, 0.15) is 6.04 Å². The topological polar surface area (TPSA) is 70.5 Å². The molecule has 1 unspecified atom stereocenters. The number of benzene rings is 1. The first-order chi connectivity index (χ1) is 14.0. The van der Waals surface area contributed by atoms with Crippen LogP contribution in [-0.4, -0.2) is 21.8 Å². The molecule has 0 saturated heterocycles. The summed E-state index contributed by atoms with van der Waals surface area (Å²) in [5.74, 6) is -1.70. The summed E-state index contributed by atoms with van der Waals surface area (Å²) in [4.78, 5) is 31.6. The van der Waals surface area contributed by atoms with Crippen LogP contribution in [0.3, 0.4) is 0 Å². The van der Waals surface area contributed by atoms with E-state index in [1.807, 2.05) is 35.7 Å². The van der Waals surface area contributed by atoms with Crippen molar-refractivity contribution >= 4 is 28.7 Å². The molecule has 1 aliphatic heterocycles. The lowest BCUT2D eigenvalue weighted by Crippen LogP contribution is -2.31. The van der Waals surface area contributed by atoms with Crippen molar-refractivity contribution in [3.8, 4) is 11.1 Å². The van der Waals surface area contributed by atoms with Gasteiger partial charge in [-0.25, -0.2) is 0 Å². The smallest absolute Gasteiger partial charge is 0.294 e. The van der Waals surface area contributed by atoms with Crippen LogP contribution < -0.4 is 4.90 Å². The molecule has 29 heavy (non-hydrogen) atoms. The van der Waals surface area contributed by atoms with Gasteiger partial charge in [0.15, 0.2) is 11.5 Å². The molecule has 1 atom stereocenters.